The molecule has 0 saturated heterocycles. The number of fused-ring (bicyclic) bond motifs is 1. The van der Waals surface area contributed by atoms with E-state index in [0.29, 0.717) is 18.9 Å². The largest absolute Gasteiger partial charge is 0.361 e. The van der Waals surface area contributed by atoms with Gasteiger partial charge in [0.2, 0.25) is 5.91 Å². The number of H-pyrrole nitrogens is 1. The van der Waals surface area contributed by atoms with Crippen molar-refractivity contribution in [3.05, 3.63) is 71.7 Å². The van der Waals surface area contributed by atoms with Crippen molar-refractivity contribution < 1.29 is 9.18 Å². The average Bonchev–Trinajstić information content (AvgIpc) is 3.18. The summed E-state index contributed by atoms with van der Waals surface area (Å²) < 4.78 is 13.4. The molecule has 2 N–H and O–H groups in total. The SMILES string of the molecule is CN(C)C1(c2ccc(F)cc2)CCC(CC(=O)NCCc2c[nH]c3ccccc23)CC1. The molecule has 4 rings (SSSR count). The number of carbonyl (C=O) groups is 1. The summed E-state index contributed by atoms with van der Waals surface area (Å²) in [6, 6.07) is 15.2. The van der Waals surface area contributed by atoms with Crippen LogP contribution in [0.25, 0.3) is 10.9 Å². The predicted octanol–water partition coefficient (Wildman–Crippen LogP) is 5.00. The van der Waals surface area contributed by atoms with Gasteiger partial charge in [-0.05, 0) is 81.4 Å². The second kappa shape index (κ2) is 9.23. The van der Waals surface area contributed by atoms with E-state index in [-0.39, 0.29) is 17.3 Å². The molecule has 0 bridgehead atoms. The molecule has 3 aromatic rings. The van der Waals surface area contributed by atoms with Gasteiger partial charge in [0, 0.05) is 35.6 Å². The number of nitrogens with one attached hydrogen (secondary N) is 2. The Morgan fingerprint density at radius 1 is 1.13 bits per heavy atom. The summed E-state index contributed by atoms with van der Waals surface area (Å²) in [7, 11) is 4.20. The molecule has 1 heterocycles. The van der Waals surface area contributed by atoms with Crippen molar-refractivity contribution in [2.24, 2.45) is 5.92 Å². The van der Waals surface area contributed by atoms with E-state index in [4.69, 9.17) is 0 Å². The highest BCUT2D eigenvalue weighted by Crippen LogP contribution is 2.43. The Morgan fingerprint density at radius 3 is 2.55 bits per heavy atom. The first kappa shape index (κ1) is 21.6. The van der Waals surface area contributed by atoms with Crippen molar-refractivity contribution in [2.75, 3.05) is 20.6 Å². The Balaban J connectivity index is 1.28. The molecular formula is C26H32FN3O. The average molecular weight is 422 g/mol. The van der Waals surface area contributed by atoms with E-state index in [0.717, 1.165) is 37.6 Å². The summed E-state index contributed by atoms with van der Waals surface area (Å²) in [4.78, 5) is 18.1. The second-order valence-corrected chi connectivity index (χ2v) is 9.04. The number of rotatable bonds is 7. The van der Waals surface area contributed by atoms with E-state index in [1.165, 1.54) is 16.5 Å². The highest BCUT2D eigenvalue weighted by Gasteiger charge is 2.39. The maximum atomic E-state index is 13.4. The summed E-state index contributed by atoms with van der Waals surface area (Å²) in [5, 5.41) is 4.34. The lowest BCUT2D eigenvalue weighted by Gasteiger charge is -2.45. The lowest BCUT2D eigenvalue weighted by atomic mass is 9.71. The molecule has 0 aliphatic heterocycles. The molecule has 1 saturated carbocycles. The van der Waals surface area contributed by atoms with Gasteiger partial charge >= 0.3 is 0 Å². The Kier molecular flexibility index (Phi) is 6.42. The summed E-state index contributed by atoms with van der Waals surface area (Å²) in [5.41, 5.74) is 3.47. The van der Waals surface area contributed by atoms with E-state index < -0.39 is 0 Å². The van der Waals surface area contributed by atoms with Gasteiger partial charge in [0.05, 0.1) is 0 Å². The number of nitrogens with zero attached hydrogens (tertiary/aromatic N) is 1. The van der Waals surface area contributed by atoms with Crippen molar-refractivity contribution in [1.29, 1.82) is 0 Å². The number of aromatic nitrogens is 1. The number of para-hydroxylation sites is 1. The topological polar surface area (TPSA) is 48.1 Å². The Morgan fingerprint density at radius 2 is 1.84 bits per heavy atom. The van der Waals surface area contributed by atoms with Gasteiger partial charge < -0.3 is 10.3 Å². The monoisotopic (exact) mass is 421 g/mol. The molecule has 1 aromatic heterocycles. The van der Waals surface area contributed by atoms with Crippen LogP contribution in [0.4, 0.5) is 4.39 Å². The zero-order valence-corrected chi connectivity index (χ0v) is 18.5. The molecule has 1 amide bonds. The van der Waals surface area contributed by atoms with Crippen LogP contribution in [0.2, 0.25) is 0 Å². The Labute approximate surface area is 183 Å². The van der Waals surface area contributed by atoms with Crippen molar-refractivity contribution in [3.63, 3.8) is 0 Å². The minimum atomic E-state index is -0.198. The third-order valence-corrected chi connectivity index (χ3v) is 7.04. The van der Waals surface area contributed by atoms with Crippen LogP contribution in [0.15, 0.2) is 54.7 Å². The smallest absolute Gasteiger partial charge is 0.220 e. The molecule has 1 aliphatic carbocycles. The van der Waals surface area contributed by atoms with Gasteiger partial charge in [-0.2, -0.15) is 0 Å². The Hall–Kier alpha value is -2.66. The van der Waals surface area contributed by atoms with Crippen molar-refractivity contribution in [2.45, 2.75) is 44.1 Å². The number of amides is 1. The minimum Gasteiger partial charge on any atom is -0.361 e. The zero-order valence-electron chi connectivity index (χ0n) is 18.5. The van der Waals surface area contributed by atoms with Crippen LogP contribution < -0.4 is 5.32 Å². The zero-order chi connectivity index (χ0) is 21.8. The van der Waals surface area contributed by atoms with Gasteiger partial charge in [-0.25, -0.2) is 4.39 Å². The van der Waals surface area contributed by atoms with Crippen molar-refractivity contribution in [1.82, 2.24) is 15.2 Å². The lowest BCUT2D eigenvalue weighted by Crippen LogP contribution is -2.44. The van der Waals surface area contributed by atoms with Crippen LogP contribution in [-0.4, -0.2) is 36.4 Å². The van der Waals surface area contributed by atoms with Crippen LogP contribution in [0, 0.1) is 11.7 Å². The molecule has 31 heavy (non-hydrogen) atoms. The van der Waals surface area contributed by atoms with E-state index in [1.807, 2.05) is 30.5 Å². The van der Waals surface area contributed by atoms with Crippen LogP contribution in [-0.2, 0) is 16.8 Å². The molecule has 5 heteroatoms. The first-order valence-electron chi connectivity index (χ1n) is 11.2. The third-order valence-electron chi connectivity index (χ3n) is 7.04. The number of benzene rings is 2. The van der Waals surface area contributed by atoms with Crippen LogP contribution in [0.5, 0.6) is 0 Å². The third kappa shape index (κ3) is 4.67. The van der Waals surface area contributed by atoms with Gasteiger partial charge in [0.15, 0.2) is 0 Å². The van der Waals surface area contributed by atoms with Crippen molar-refractivity contribution in [3.8, 4) is 0 Å². The highest BCUT2D eigenvalue weighted by molar-refractivity contribution is 5.83. The fraction of sp³-hybridized carbons (Fsp3) is 0.423. The van der Waals surface area contributed by atoms with Crippen LogP contribution in [0.1, 0.15) is 43.2 Å². The van der Waals surface area contributed by atoms with E-state index in [2.05, 4.69) is 41.4 Å². The summed E-state index contributed by atoms with van der Waals surface area (Å²) >= 11 is 0. The molecule has 1 fully saturated rings. The van der Waals surface area contributed by atoms with Gasteiger partial charge in [-0.15, -0.1) is 0 Å². The highest BCUT2D eigenvalue weighted by atomic mass is 19.1. The number of carbonyl (C=O) groups excluding carboxylic acids is 1. The maximum absolute atomic E-state index is 13.4. The normalized spacial score (nSPS) is 21.5. The Bertz CT molecular complexity index is 1020. The van der Waals surface area contributed by atoms with Gasteiger partial charge in [0.25, 0.3) is 0 Å². The predicted molar refractivity (Wildman–Crippen MR) is 123 cm³/mol. The van der Waals surface area contributed by atoms with Gasteiger partial charge in [-0.3, -0.25) is 9.69 Å². The summed E-state index contributed by atoms with van der Waals surface area (Å²) in [6.07, 6.45) is 7.43. The number of hydrogen-bond acceptors (Lipinski definition) is 2. The fourth-order valence-electron chi connectivity index (χ4n) is 5.12. The van der Waals surface area contributed by atoms with Crippen molar-refractivity contribution >= 4 is 16.8 Å². The number of hydrogen-bond donors (Lipinski definition) is 2. The first-order valence-corrected chi connectivity index (χ1v) is 11.2. The molecule has 1 aliphatic rings. The van der Waals surface area contributed by atoms with E-state index >= 15 is 0 Å². The molecule has 0 radical (unpaired) electrons. The molecule has 0 spiro atoms. The molecule has 2 aromatic carbocycles. The van der Waals surface area contributed by atoms with E-state index in [9.17, 15) is 9.18 Å². The van der Waals surface area contributed by atoms with E-state index in [1.54, 1.807) is 12.1 Å². The molecule has 0 atom stereocenters. The standard InChI is InChI=1S/C26H32FN3O/c1-30(2)26(21-7-9-22(27)10-8-21)14-11-19(12-15-26)17-25(31)28-16-13-20-18-29-24-6-4-3-5-23(20)24/h3-10,18-19,29H,11-17H2,1-2H3,(H,28,31). The summed E-state index contributed by atoms with van der Waals surface area (Å²) in [5.74, 6) is 0.348. The van der Waals surface area contributed by atoms with Gasteiger partial charge in [0.1, 0.15) is 5.82 Å². The molecule has 0 unspecified atom stereocenters. The molecule has 164 valence electrons. The summed E-state index contributed by atoms with van der Waals surface area (Å²) in [6.45, 7) is 0.657. The first-order chi connectivity index (χ1) is 15.0. The lowest BCUT2D eigenvalue weighted by molar-refractivity contribution is -0.122. The molecular weight excluding hydrogens is 389 g/mol. The van der Waals surface area contributed by atoms with Crippen LogP contribution >= 0.6 is 0 Å². The fourth-order valence-corrected chi connectivity index (χ4v) is 5.12. The maximum Gasteiger partial charge on any atom is 0.220 e. The van der Waals surface area contributed by atoms with Crippen LogP contribution in [0.3, 0.4) is 0 Å². The second-order valence-electron chi connectivity index (χ2n) is 9.04. The minimum absolute atomic E-state index is 0.0734. The number of aromatic amines is 1. The number of halogens is 1. The van der Waals surface area contributed by atoms with Gasteiger partial charge in [-0.1, -0.05) is 30.3 Å². The molecule has 4 nitrogen and oxygen atoms in total. The quantitative estimate of drug-likeness (QED) is 0.564.